The van der Waals surface area contributed by atoms with Gasteiger partial charge in [0, 0.05) is 11.1 Å². The van der Waals surface area contributed by atoms with Gasteiger partial charge >= 0.3 is 5.82 Å². The molecule has 0 amide bonds. The van der Waals surface area contributed by atoms with E-state index in [4.69, 9.17) is 20.0 Å². The molecule has 6 nitrogen and oxygen atoms in total. The van der Waals surface area contributed by atoms with Gasteiger partial charge < -0.3 is 5.32 Å². The molecule has 10 rings (SSSR count). The molecule has 0 fully saturated rings. The second kappa shape index (κ2) is 15.6. The van der Waals surface area contributed by atoms with Gasteiger partial charge in [0.2, 0.25) is 0 Å². The third-order valence-electron chi connectivity index (χ3n) is 10.8. The minimum atomic E-state index is -0.256. The van der Waals surface area contributed by atoms with E-state index in [-0.39, 0.29) is 6.17 Å². The Morgan fingerprint density at radius 3 is 1.61 bits per heavy atom. The van der Waals surface area contributed by atoms with E-state index >= 15 is 0 Å². The molecule has 0 saturated heterocycles. The van der Waals surface area contributed by atoms with Gasteiger partial charge in [0.05, 0.1) is 23.7 Å². The normalized spacial score (nSPS) is 13.7. The van der Waals surface area contributed by atoms with E-state index in [1.54, 1.807) is 0 Å². The molecule has 0 radical (unpaired) electrons. The highest BCUT2D eigenvalue weighted by Gasteiger charge is 2.24. The van der Waals surface area contributed by atoms with Crippen molar-refractivity contribution in [3.8, 4) is 56.4 Å². The lowest BCUT2D eigenvalue weighted by Crippen LogP contribution is -2.36. The molecule has 1 atom stereocenters. The number of benzene rings is 8. The maximum atomic E-state index is 5.14. The largest absolute Gasteiger partial charge is 0.344 e. The van der Waals surface area contributed by atoms with E-state index in [0.29, 0.717) is 11.7 Å². The SMILES string of the molecule is C[n+]1c(-c2ccccc2)nc(-c2ccccc2)nc1-c1ccc(-c2c(-c3ccc(C4=NC(c5ccccc5)NC(c5ccccc5)=N4)cc3)ccc3ccccc23)cc1. The molecule has 59 heavy (non-hydrogen) atoms. The van der Waals surface area contributed by atoms with Crippen LogP contribution < -0.4 is 9.88 Å². The van der Waals surface area contributed by atoms with Crippen LogP contribution in [0, 0.1) is 0 Å². The van der Waals surface area contributed by atoms with Crippen molar-refractivity contribution in [1.82, 2.24) is 15.3 Å². The number of hydrogen-bond donors (Lipinski definition) is 1. The zero-order chi connectivity index (χ0) is 39.5. The summed E-state index contributed by atoms with van der Waals surface area (Å²) in [5.74, 6) is 3.88. The standard InChI is InChI=1S/C53H39N6/c1-59-52(43-23-12-5-13-24-43)57-51(41-21-10-4-11-22-41)58-53(59)44-32-28-38(29-33-44)47-45-25-15-14-16-36(45)34-35-46(47)37-26-30-42(31-27-37)50-55-48(39-17-6-2-7-18-39)54-49(56-50)40-19-8-3-9-20-40/h2-35,48H,1H3,(H,54,55,56)/q+1. The third kappa shape index (κ3) is 7.09. The fourth-order valence-electron chi connectivity index (χ4n) is 7.83. The molecule has 6 heteroatoms. The minimum absolute atomic E-state index is 0.256. The average molecular weight is 760 g/mol. The van der Waals surface area contributed by atoms with Crippen LogP contribution in [0.2, 0.25) is 0 Å². The van der Waals surface area contributed by atoms with E-state index in [2.05, 4.69) is 143 Å². The van der Waals surface area contributed by atoms with E-state index in [1.807, 2.05) is 79.8 Å². The molecular weight excluding hydrogens is 721 g/mol. The Balaban J connectivity index is 1.04. The zero-order valence-electron chi connectivity index (χ0n) is 32.4. The lowest BCUT2D eigenvalue weighted by molar-refractivity contribution is -0.654. The Labute approximate surface area is 343 Å². The molecule has 0 saturated carbocycles. The average Bonchev–Trinajstić information content (AvgIpc) is 3.32. The van der Waals surface area contributed by atoms with Crippen molar-refractivity contribution in [1.29, 1.82) is 0 Å². The summed E-state index contributed by atoms with van der Waals surface area (Å²) >= 11 is 0. The molecule has 1 aliphatic heterocycles. The Kier molecular flexibility index (Phi) is 9.41. The number of rotatable bonds is 8. The molecule has 2 heterocycles. The number of hydrogen-bond acceptors (Lipinski definition) is 5. The number of nitrogens with zero attached hydrogens (tertiary/aromatic N) is 5. The highest BCUT2D eigenvalue weighted by molar-refractivity contribution is 6.13. The first-order valence-electron chi connectivity index (χ1n) is 19.8. The van der Waals surface area contributed by atoms with Crippen LogP contribution in [0.5, 0.6) is 0 Å². The fourth-order valence-corrected chi connectivity index (χ4v) is 7.83. The highest BCUT2D eigenvalue weighted by Crippen LogP contribution is 2.39. The quantitative estimate of drug-likeness (QED) is 0.157. The first kappa shape index (κ1) is 35.6. The van der Waals surface area contributed by atoms with Gasteiger partial charge in [-0.25, -0.2) is 14.6 Å². The second-order valence-electron chi connectivity index (χ2n) is 14.6. The summed E-state index contributed by atoms with van der Waals surface area (Å²) in [5, 5.41) is 5.94. The number of aromatic nitrogens is 3. The summed E-state index contributed by atoms with van der Waals surface area (Å²) in [4.78, 5) is 20.3. The van der Waals surface area contributed by atoms with Gasteiger partial charge in [0.25, 0.3) is 11.6 Å². The lowest BCUT2D eigenvalue weighted by Gasteiger charge is -2.23. The van der Waals surface area contributed by atoms with Crippen LogP contribution in [0.3, 0.4) is 0 Å². The molecule has 280 valence electrons. The fraction of sp³-hybridized carbons (Fsp3) is 0.0377. The van der Waals surface area contributed by atoms with Crippen molar-refractivity contribution in [2.75, 3.05) is 0 Å². The predicted molar refractivity (Wildman–Crippen MR) is 240 cm³/mol. The Morgan fingerprint density at radius 2 is 0.949 bits per heavy atom. The number of nitrogens with one attached hydrogen (secondary N) is 1. The van der Waals surface area contributed by atoms with Crippen LogP contribution in [0.4, 0.5) is 0 Å². The predicted octanol–water partition coefficient (Wildman–Crippen LogP) is 11.3. The number of aliphatic imine (C=N–C) groups is 2. The van der Waals surface area contributed by atoms with Gasteiger partial charge in [-0.1, -0.05) is 180 Å². The monoisotopic (exact) mass is 759 g/mol. The van der Waals surface area contributed by atoms with Gasteiger partial charge in [0.1, 0.15) is 12.0 Å². The third-order valence-corrected chi connectivity index (χ3v) is 10.8. The van der Waals surface area contributed by atoms with Crippen molar-refractivity contribution >= 4 is 22.4 Å². The van der Waals surface area contributed by atoms with Crippen LogP contribution in [-0.4, -0.2) is 21.6 Å². The van der Waals surface area contributed by atoms with Crippen LogP contribution in [0.25, 0.3) is 67.2 Å². The molecule has 1 aliphatic rings. The smallest absolute Gasteiger partial charge is 0.308 e. The Hall–Kier alpha value is -7.83. The zero-order valence-corrected chi connectivity index (χ0v) is 32.4. The lowest BCUT2D eigenvalue weighted by atomic mass is 9.89. The molecule has 1 N–H and O–H groups in total. The van der Waals surface area contributed by atoms with Crippen molar-refractivity contribution < 1.29 is 4.57 Å². The van der Waals surface area contributed by atoms with Gasteiger partial charge in [-0.15, -0.1) is 0 Å². The molecule has 0 aliphatic carbocycles. The van der Waals surface area contributed by atoms with Gasteiger partial charge in [-0.2, -0.15) is 0 Å². The molecular formula is C53H39N6+. The van der Waals surface area contributed by atoms with E-state index in [0.717, 1.165) is 67.6 Å². The first-order chi connectivity index (χ1) is 29.2. The summed E-state index contributed by atoms with van der Waals surface area (Å²) < 4.78 is 2.09. The number of fused-ring (bicyclic) bond motifs is 1. The van der Waals surface area contributed by atoms with E-state index < -0.39 is 0 Å². The molecule has 9 aromatic rings. The topological polar surface area (TPSA) is 66.4 Å². The van der Waals surface area contributed by atoms with Crippen LogP contribution in [0.1, 0.15) is 22.9 Å². The van der Waals surface area contributed by atoms with Crippen molar-refractivity contribution in [2.24, 2.45) is 17.0 Å². The van der Waals surface area contributed by atoms with Crippen LogP contribution >= 0.6 is 0 Å². The molecule has 8 aromatic carbocycles. The van der Waals surface area contributed by atoms with Gasteiger partial charge in [-0.05, 0) is 75.0 Å². The van der Waals surface area contributed by atoms with Crippen LogP contribution in [-0.2, 0) is 7.05 Å². The summed E-state index contributed by atoms with van der Waals surface area (Å²) in [6, 6.07) is 71.5. The minimum Gasteiger partial charge on any atom is -0.344 e. The highest BCUT2D eigenvalue weighted by atomic mass is 15.2. The maximum absolute atomic E-state index is 5.14. The first-order valence-corrected chi connectivity index (χ1v) is 19.8. The van der Waals surface area contributed by atoms with Crippen molar-refractivity contribution in [2.45, 2.75) is 6.17 Å². The van der Waals surface area contributed by atoms with Gasteiger partial charge in [0.15, 0.2) is 5.84 Å². The van der Waals surface area contributed by atoms with Gasteiger partial charge in [-0.3, -0.25) is 0 Å². The summed E-state index contributed by atoms with van der Waals surface area (Å²) in [5.41, 5.74) is 10.6. The summed E-state index contributed by atoms with van der Waals surface area (Å²) in [6.45, 7) is 0. The van der Waals surface area contributed by atoms with Crippen LogP contribution in [0.15, 0.2) is 216 Å². The van der Waals surface area contributed by atoms with Crippen molar-refractivity contribution in [3.05, 3.63) is 223 Å². The van der Waals surface area contributed by atoms with Crippen molar-refractivity contribution in [3.63, 3.8) is 0 Å². The van der Waals surface area contributed by atoms with E-state index in [1.165, 1.54) is 16.3 Å². The molecule has 0 bridgehead atoms. The Bertz CT molecular complexity index is 2980. The number of amidine groups is 2. The maximum Gasteiger partial charge on any atom is 0.308 e. The summed E-state index contributed by atoms with van der Waals surface area (Å²) in [7, 11) is 2.04. The molecule has 1 unspecified atom stereocenters. The van der Waals surface area contributed by atoms with E-state index in [9.17, 15) is 0 Å². The second-order valence-corrected chi connectivity index (χ2v) is 14.6. The molecule has 1 aromatic heterocycles. The summed E-state index contributed by atoms with van der Waals surface area (Å²) in [6.07, 6.45) is -0.256. The Morgan fingerprint density at radius 1 is 0.441 bits per heavy atom. The molecule has 0 spiro atoms.